The molecule has 0 radical (unpaired) electrons. The fourth-order valence-corrected chi connectivity index (χ4v) is 0.385. The Hall–Kier alpha value is -0.120. The van der Waals surface area contributed by atoms with Crippen LogP contribution in [-0.4, -0.2) is 44.0 Å². The first kappa shape index (κ1) is 7.88. The van der Waals surface area contributed by atoms with Gasteiger partial charge in [0.1, 0.15) is 0 Å². The second-order valence-corrected chi connectivity index (χ2v) is 2.64. The summed E-state index contributed by atoms with van der Waals surface area (Å²) in [5.41, 5.74) is 3.06. The van der Waals surface area contributed by atoms with E-state index in [1.807, 2.05) is 21.1 Å². The Morgan fingerprint density at radius 3 is 2.00 bits per heavy atom. The number of aliphatic hydroxyl groups is 1. The van der Waals surface area contributed by atoms with Crippen LogP contribution in [0.5, 0.6) is 0 Å². The number of rotatable bonds is 3. The van der Waals surface area contributed by atoms with Gasteiger partial charge >= 0.3 is 0 Å². The molecule has 0 rings (SSSR count). The Bertz CT molecular complexity index is 57.9. The van der Waals surface area contributed by atoms with Crippen molar-refractivity contribution in [1.29, 1.82) is 0 Å². The minimum Gasteiger partial charge on any atom is -0.395 e. The van der Waals surface area contributed by atoms with Gasteiger partial charge in [-0.05, 0) is 0 Å². The van der Waals surface area contributed by atoms with E-state index in [1.54, 1.807) is 0 Å². The van der Waals surface area contributed by atoms with Gasteiger partial charge in [0.25, 0.3) is 0 Å². The molecule has 0 aliphatic carbocycles. The second-order valence-electron chi connectivity index (χ2n) is 2.64. The molecule has 0 aliphatic heterocycles. The molecule has 0 aliphatic rings. The summed E-state index contributed by atoms with van der Waals surface area (Å²) < 4.78 is 0.695. The zero-order valence-electron chi connectivity index (χ0n) is 5.81. The molecule has 0 aromatic rings. The monoisotopic (exact) mass is 119 g/mol. The molecule has 8 heavy (non-hydrogen) atoms. The second kappa shape index (κ2) is 3.02. The van der Waals surface area contributed by atoms with Crippen molar-refractivity contribution in [3.63, 3.8) is 0 Å². The first-order valence-corrected chi connectivity index (χ1v) is 2.74. The predicted octanol–water partition coefficient (Wildman–Crippen LogP) is -0.810. The molecule has 50 valence electrons. The van der Waals surface area contributed by atoms with Crippen molar-refractivity contribution in [2.45, 2.75) is 0 Å². The summed E-state index contributed by atoms with van der Waals surface area (Å²) in [5, 5.41) is 8.36. The number of hydrogen-bond acceptors (Lipinski definition) is 2. The van der Waals surface area contributed by atoms with Crippen LogP contribution in [0, 0.1) is 0 Å². The minimum absolute atomic E-state index is 0.204. The molecule has 0 heterocycles. The summed E-state index contributed by atoms with van der Waals surface area (Å²) in [4.78, 5) is 0. The fraction of sp³-hybridized carbons (Fsp3) is 1.00. The lowest BCUT2D eigenvalue weighted by molar-refractivity contribution is -0.915. The van der Waals surface area contributed by atoms with Crippen molar-refractivity contribution in [2.75, 3.05) is 34.3 Å². The molecule has 0 aromatic carbocycles. The maximum atomic E-state index is 8.36. The lowest BCUT2D eigenvalue weighted by Crippen LogP contribution is -2.49. The zero-order chi connectivity index (χ0) is 6.62. The average molecular weight is 119 g/mol. The van der Waals surface area contributed by atoms with Crippen LogP contribution >= 0.6 is 0 Å². The highest BCUT2D eigenvalue weighted by Crippen LogP contribution is 1.77. The van der Waals surface area contributed by atoms with Crippen LogP contribution in [0.2, 0.25) is 0 Å². The average Bonchev–Trinajstić information content (AvgIpc) is 1.59. The highest BCUT2D eigenvalue weighted by molar-refractivity contribution is 4.24. The smallest absolute Gasteiger partial charge is 0.0853 e. The van der Waals surface area contributed by atoms with E-state index in [0.29, 0.717) is 11.1 Å². The van der Waals surface area contributed by atoms with E-state index in [4.69, 9.17) is 5.11 Å². The summed E-state index contributed by atoms with van der Waals surface area (Å²) in [6.45, 7) is 0.860. The van der Waals surface area contributed by atoms with Crippen LogP contribution in [0.15, 0.2) is 0 Å². The topological polar surface area (TPSA) is 32.3 Å². The summed E-state index contributed by atoms with van der Waals surface area (Å²) in [6, 6.07) is 0. The summed E-state index contributed by atoms with van der Waals surface area (Å²) in [7, 11) is 6.03. The van der Waals surface area contributed by atoms with E-state index in [9.17, 15) is 0 Å². The maximum Gasteiger partial charge on any atom is 0.0853 e. The fourth-order valence-electron chi connectivity index (χ4n) is 0.385. The van der Waals surface area contributed by atoms with Crippen molar-refractivity contribution in [2.24, 2.45) is 0 Å². The Morgan fingerprint density at radius 2 is 1.88 bits per heavy atom. The van der Waals surface area contributed by atoms with E-state index in [0.717, 1.165) is 0 Å². The maximum absolute atomic E-state index is 8.36. The van der Waals surface area contributed by atoms with Gasteiger partial charge in [0, 0.05) is 0 Å². The summed E-state index contributed by atoms with van der Waals surface area (Å²) >= 11 is 0. The van der Waals surface area contributed by atoms with Crippen LogP contribution in [-0.2, 0) is 0 Å². The molecule has 3 nitrogen and oxygen atoms in total. The quantitative estimate of drug-likeness (QED) is 0.376. The Balaban J connectivity index is 3.11. The van der Waals surface area contributed by atoms with Gasteiger partial charge in [-0.15, -0.1) is 0 Å². The molecule has 0 spiro atoms. The van der Waals surface area contributed by atoms with Gasteiger partial charge in [-0.3, -0.25) is 4.59 Å². The highest BCUT2D eigenvalue weighted by Gasteiger charge is 2.02. The Labute approximate surface area is 50.5 Å². The van der Waals surface area contributed by atoms with Crippen molar-refractivity contribution < 1.29 is 9.70 Å². The van der Waals surface area contributed by atoms with Crippen molar-refractivity contribution in [1.82, 2.24) is 5.43 Å². The lowest BCUT2D eigenvalue weighted by atomic mass is 10.7. The molecule has 0 bridgehead atoms. The third kappa shape index (κ3) is 5.88. The molecule has 0 unspecified atom stereocenters. The molecule has 0 fully saturated rings. The van der Waals surface area contributed by atoms with Gasteiger partial charge in [0.2, 0.25) is 0 Å². The number of hydrogen-bond donors (Lipinski definition) is 2. The lowest BCUT2D eigenvalue weighted by Gasteiger charge is -2.23. The number of nitrogens with one attached hydrogen (secondary N) is 1. The third-order valence-corrected chi connectivity index (χ3v) is 0.698. The molecule has 0 saturated heterocycles. The van der Waals surface area contributed by atoms with Crippen molar-refractivity contribution in [3.8, 4) is 0 Å². The van der Waals surface area contributed by atoms with Gasteiger partial charge in [-0.25, -0.2) is 0 Å². The van der Waals surface area contributed by atoms with Crippen LogP contribution in [0.1, 0.15) is 0 Å². The zero-order valence-corrected chi connectivity index (χ0v) is 5.81. The van der Waals surface area contributed by atoms with E-state index in [2.05, 4.69) is 5.43 Å². The normalized spacial score (nSPS) is 12.0. The Morgan fingerprint density at radius 1 is 1.38 bits per heavy atom. The van der Waals surface area contributed by atoms with Crippen LogP contribution < -0.4 is 5.43 Å². The molecule has 3 heteroatoms. The van der Waals surface area contributed by atoms with Crippen molar-refractivity contribution in [3.05, 3.63) is 0 Å². The molecule has 2 N–H and O–H groups in total. The molecular weight excluding hydrogens is 104 g/mol. The van der Waals surface area contributed by atoms with E-state index < -0.39 is 0 Å². The standard InChI is InChI=1S/C5H15N2O/c1-7(2,3)6-4-5-8/h6,8H,4-5H2,1-3H3/q+1. The highest BCUT2D eigenvalue weighted by atomic mass is 16.3. The number of aliphatic hydroxyl groups excluding tert-OH is 1. The first-order valence-electron chi connectivity index (χ1n) is 2.74. The van der Waals surface area contributed by atoms with E-state index in [-0.39, 0.29) is 6.61 Å². The summed E-state index contributed by atoms with van der Waals surface area (Å²) in [6.07, 6.45) is 0. The van der Waals surface area contributed by atoms with Gasteiger partial charge < -0.3 is 5.11 Å². The van der Waals surface area contributed by atoms with Crippen LogP contribution in [0.4, 0.5) is 0 Å². The summed E-state index contributed by atoms with van der Waals surface area (Å²) in [5.74, 6) is 0. The SMILES string of the molecule is C[N+](C)(C)NCCO. The van der Waals surface area contributed by atoms with Gasteiger partial charge in [-0.2, -0.15) is 5.43 Å². The van der Waals surface area contributed by atoms with Crippen LogP contribution in [0.25, 0.3) is 0 Å². The molecule has 0 amide bonds. The molecular formula is C5H15N2O+. The van der Waals surface area contributed by atoms with E-state index in [1.165, 1.54) is 0 Å². The van der Waals surface area contributed by atoms with Gasteiger partial charge in [0.15, 0.2) is 0 Å². The number of nitrogens with zero attached hydrogens (tertiary/aromatic N) is 1. The van der Waals surface area contributed by atoms with Crippen LogP contribution in [0.3, 0.4) is 0 Å². The largest absolute Gasteiger partial charge is 0.395 e. The molecule has 0 saturated carbocycles. The van der Waals surface area contributed by atoms with E-state index >= 15 is 0 Å². The number of quaternary nitrogens is 1. The minimum atomic E-state index is 0.204. The van der Waals surface area contributed by atoms with Crippen molar-refractivity contribution >= 4 is 0 Å². The molecule has 0 aromatic heterocycles. The Kier molecular flexibility index (Phi) is 2.97. The third-order valence-electron chi connectivity index (χ3n) is 0.698. The molecule has 0 atom stereocenters. The first-order chi connectivity index (χ1) is 3.56. The van der Waals surface area contributed by atoms with Gasteiger partial charge in [-0.1, -0.05) is 0 Å². The van der Waals surface area contributed by atoms with Gasteiger partial charge in [0.05, 0.1) is 34.3 Å². The predicted molar refractivity (Wildman–Crippen MR) is 33.1 cm³/mol.